The minimum Gasteiger partial charge on any atom is -0.368 e. The number of rotatable bonds is 5. The highest BCUT2D eigenvalue weighted by molar-refractivity contribution is 7.99. The Labute approximate surface area is 143 Å². The van der Waals surface area contributed by atoms with E-state index in [1.54, 1.807) is 11.3 Å². The number of thiophene rings is 1. The molecule has 2 aliphatic rings. The van der Waals surface area contributed by atoms with Crippen molar-refractivity contribution in [3.05, 3.63) is 22.4 Å². The second-order valence-electron chi connectivity index (χ2n) is 5.99. The topological polar surface area (TPSA) is 77.0 Å². The van der Waals surface area contributed by atoms with Crippen LogP contribution in [0.25, 0.3) is 0 Å². The van der Waals surface area contributed by atoms with E-state index in [2.05, 4.69) is 27.7 Å². The van der Waals surface area contributed by atoms with Crippen LogP contribution in [0.15, 0.2) is 22.7 Å². The van der Waals surface area contributed by atoms with Crippen LogP contribution in [0, 0.1) is 0 Å². The number of anilines is 1. The summed E-state index contributed by atoms with van der Waals surface area (Å²) < 4.78 is 1.97. The molecule has 2 N–H and O–H groups in total. The van der Waals surface area contributed by atoms with E-state index in [0.29, 0.717) is 17.7 Å². The van der Waals surface area contributed by atoms with Crippen molar-refractivity contribution in [1.29, 1.82) is 0 Å². The average Bonchev–Trinajstić information content (AvgIpc) is 2.98. The summed E-state index contributed by atoms with van der Waals surface area (Å²) in [6.45, 7) is 0.847. The predicted molar refractivity (Wildman–Crippen MR) is 91.4 cm³/mol. The highest BCUT2D eigenvalue weighted by atomic mass is 32.2. The summed E-state index contributed by atoms with van der Waals surface area (Å²) in [5.41, 5.74) is 5.88. The molecule has 1 amide bonds. The molecule has 1 atom stereocenters. The Balaban J connectivity index is 1.42. The van der Waals surface area contributed by atoms with Crippen LogP contribution in [0.2, 0.25) is 0 Å². The molecule has 0 radical (unpaired) electrons. The molecule has 0 bridgehead atoms. The number of hydrogen-bond acceptors (Lipinski definition) is 6. The zero-order valence-electron chi connectivity index (χ0n) is 12.7. The predicted octanol–water partition coefficient (Wildman–Crippen LogP) is 2.71. The standard InChI is InChI=1S/C15H19N5OS2/c16-14-17-18-15(20(14)10-5-6-10)23-9-13(21)19-7-1-3-11(19)12-4-2-8-22-12/h2,4,8,10-11H,1,3,5-7,9H2,(H2,16,17). The van der Waals surface area contributed by atoms with Gasteiger partial charge in [0.15, 0.2) is 5.16 Å². The van der Waals surface area contributed by atoms with E-state index in [-0.39, 0.29) is 11.9 Å². The number of thioether (sulfide) groups is 1. The lowest BCUT2D eigenvalue weighted by atomic mass is 10.2. The van der Waals surface area contributed by atoms with Crippen LogP contribution in [0.1, 0.15) is 42.6 Å². The first kappa shape index (κ1) is 15.0. The molecule has 1 saturated carbocycles. The van der Waals surface area contributed by atoms with Crippen LogP contribution in [0.5, 0.6) is 0 Å². The Morgan fingerprint density at radius 2 is 2.26 bits per heavy atom. The van der Waals surface area contributed by atoms with Gasteiger partial charge in [0, 0.05) is 17.5 Å². The number of carbonyl (C=O) groups excluding carboxylic acids is 1. The van der Waals surface area contributed by atoms with Crippen LogP contribution in [-0.2, 0) is 4.79 Å². The molecule has 0 aromatic carbocycles. The highest BCUT2D eigenvalue weighted by Crippen LogP contribution is 2.40. The van der Waals surface area contributed by atoms with Crippen LogP contribution in [-0.4, -0.2) is 37.9 Å². The normalized spacial score (nSPS) is 21.0. The monoisotopic (exact) mass is 349 g/mol. The van der Waals surface area contributed by atoms with Crippen molar-refractivity contribution in [2.75, 3.05) is 18.0 Å². The summed E-state index contributed by atoms with van der Waals surface area (Å²) in [5, 5.41) is 10.9. The maximum Gasteiger partial charge on any atom is 0.233 e. The third-order valence-corrected chi connectivity index (χ3v) is 6.27. The molecule has 2 aromatic rings. The van der Waals surface area contributed by atoms with E-state index in [1.165, 1.54) is 16.6 Å². The summed E-state index contributed by atoms with van der Waals surface area (Å²) in [5.74, 6) is 1.03. The number of nitrogens with zero attached hydrogens (tertiary/aromatic N) is 4. The largest absolute Gasteiger partial charge is 0.368 e. The van der Waals surface area contributed by atoms with Crippen LogP contribution < -0.4 is 5.73 Å². The molecule has 1 unspecified atom stereocenters. The number of likely N-dealkylation sites (tertiary alicyclic amines) is 1. The van der Waals surface area contributed by atoms with Crippen molar-refractivity contribution in [2.45, 2.75) is 42.9 Å². The molecule has 1 aliphatic carbocycles. The van der Waals surface area contributed by atoms with E-state index in [0.717, 1.165) is 37.4 Å². The number of aromatic nitrogens is 3. The Morgan fingerprint density at radius 1 is 1.39 bits per heavy atom. The Kier molecular flexibility index (Phi) is 4.02. The SMILES string of the molecule is Nc1nnc(SCC(=O)N2CCCC2c2cccs2)n1C1CC1. The van der Waals surface area contributed by atoms with Gasteiger partial charge in [-0.15, -0.1) is 21.5 Å². The van der Waals surface area contributed by atoms with Crippen LogP contribution in [0.3, 0.4) is 0 Å². The van der Waals surface area contributed by atoms with Gasteiger partial charge in [-0.1, -0.05) is 17.8 Å². The molecule has 1 saturated heterocycles. The Bertz CT molecular complexity index is 695. The number of nitrogens with two attached hydrogens (primary N) is 1. The lowest BCUT2D eigenvalue weighted by molar-refractivity contribution is -0.129. The van der Waals surface area contributed by atoms with Gasteiger partial charge in [0.05, 0.1) is 11.8 Å². The number of nitrogen functional groups attached to an aromatic ring is 1. The summed E-state index contributed by atoms with van der Waals surface area (Å²) in [6.07, 6.45) is 4.37. The van der Waals surface area contributed by atoms with E-state index in [9.17, 15) is 4.79 Å². The number of hydrogen-bond donors (Lipinski definition) is 1. The maximum absolute atomic E-state index is 12.6. The fourth-order valence-electron chi connectivity index (χ4n) is 3.11. The van der Waals surface area contributed by atoms with Gasteiger partial charge in [0.2, 0.25) is 11.9 Å². The molecule has 0 spiro atoms. The van der Waals surface area contributed by atoms with Gasteiger partial charge in [-0.25, -0.2) is 0 Å². The Hall–Kier alpha value is -1.54. The second-order valence-corrected chi connectivity index (χ2v) is 7.91. The zero-order valence-corrected chi connectivity index (χ0v) is 14.4. The molecule has 122 valence electrons. The lowest BCUT2D eigenvalue weighted by Gasteiger charge is -2.23. The van der Waals surface area contributed by atoms with E-state index in [4.69, 9.17) is 5.73 Å². The fraction of sp³-hybridized carbons (Fsp3) is 0.533. The summed E-state index contributed by atoms with van der Waals surface area (Å²) >= 11 is 3.18. The van der Waals surface area contributed by atoms with Gasteiger partial charge in [0.25, 0.3) is 0 Å². The minimum absolute atomic E-state index is 0.176. The van der Waals surface area contributed by atoms with Crippen molar-refractivity contribution in [1.82, 2.24) is 19.7 Å². The molecule has 4 rings (SSSR count). The van der Waals surface area contributed by atoms with Crippen LogP contribution >= 0.6 is 23.1 Å². The molecule has 2 aromatic heterocycles. The molecular weight excluding hydrogens is 330 g/mol. The highest BCUT2D eigenvalue weighted by Gasteiger charge is 2.32. The fourth-order valence-corrected chi connectivity index (χ4v) is 4.89. The smallest absolute Gasteiger partial charge is 0.233 e. The number of amides is 1. The van der Waals surface area contributed by atoms with Gasteiger partial charge in [-0.05, 0) is 37.1 Å². The first-order valence-electron chi connectivity index (χ1n) is 7.90. The molecule has 1 aliphatic heterocycles. The van der Waals surface area contributed by atoms with E-state index in [1.807, 2.05) is 9.47 Å². The van der Waals surface area contributed by atoms with Crippen molar-refractivity contribution >= 4 is 35.0 Å². The molecule has 8 heteroatoms. The van der Waals surface area contributed by atoms with E-state index < -0.39 is 0 Å². The van der Waals surface area contributed by atoms with Gasteiger partial charge in [0.1, 0.15) is 0 Å². The Morgan fingerprint density at radius 3 is 3.00 bits per heavy atom. The van der Waals surface area contributed by atoms with Crippen molar-refractivity contribution in [3.8, 4) is 0 Å². The molecule has 2 fully saturated rings. The molecular formula is C15H19N5OS2. The average molecular weight is 349 g/mol. The summed E-state index contributed by atoms with van der Waals surface area (Å²) in [4.78, 5) is 15.9. The van der Waals surface area contributed by atoms with Crippen molar-refractivity contribution < 1.29 is 4.79 Å². The van der Waals surface area contributed by atoms with Gasteiger partial charge >= 0.3 is 0 Å². The zero-order chi connectivity index (χ0) is 15.8. The van der Waals surface area contributed by atoms with Gasteiger partial charge in [-0.3, -0.25) is 9.36 Å². The van der Waals surface area contributed by atoms with Crippen molar-refractivity contribution in [3.63, 3.8) is 0 Å². The second kappa shape index (κ2) is 6.16. The van der Waals surface area contributed by atoms with Gasteiger partial charge < -0.3 is 10.6 Å². The molecule has 3 heterocycles. The third kappa shape index (κ3) is 2.97. The van der Waals surface area contributed by atoms with Crippen molar-refractivity contribution in [2.24, 2.45) is 0 Å². The molecule has 6 nitrogen and oxygen atoms in total. The minimum atomic E-state index is 0.176. The lowest BCUT2D eigenvalue weighted by Crippen LogP contribution is -2.31. The first-order valence-corrected chi connectivity index (χ1v) is 9.76. The number of carbonyl (C=O) groups is 1. The van der Waals surface area contributed by atoms with Crippen LogP contribution in [0.4, 0.5) is 5.95 Å². The molecule has 23 heavy (non-hydrogen) atoms. The maximum atomic E-state index is 12.6. The summed E-state index contributed by atoms with van der Waals surface area (Å²) in [7, 11) is 0. The first-order chi connectivity index (χ1) is 11.2. The van der Waals surface area contributed by atoms with Gasteiger partial charge in [-0.2, -0.15) is 0 Å². The van der Waals surface area contributed by atoms with E-state index >= 15 is 0 Å². The summed E-state index contributed by atoms with van der Waals surface area (Å²) in [6, 6.07) is 4.84. The third-order valence-electron chi connectivity index (χ3n) is 4.37. The quantitative estimate of drug-likeness (QED) is 0.840.